The summed E-state index contributed by atoms with van der Waals surface area (Å²) in [4.78, 5) is 0. The van der Waals surface area contributed by atoms with Gasteiger partial charge in [-0.1, -0.05) is 47.5 Å². The highest BCUT2D eigenvalue weighted by atomic mass is 35.5. The second kappa shape index (κ2) is 13.5. The van der Waals surface area contributed by atoms with Crippen LogP contribution in [-0.4, -0.2) is 0 Å². The van der Waals surface area contributed by atoms with Crippen molar-refractivity contribution in [1.82, 2.24) is 0 Å². The molecule has 0 saturated carbocycles. The third-order valence-corrected chi connectivity index (χ3v) is 8.05. The summed E-state index contributed by atoms with van der Waals surface area (Å²) < 4.78 is 146. The average molecular weight is 667 g/mol. The molecular weight excluding hydrogens is 653 g/mol. The molecule has 0 amide bonds. The second-order valence-electron chi connectivity index (χ2n) is 8.77. The van der Waals surface area contributed by atoms with Crippen molar-refractivity contribution in [3.63, 3.8) is 0 Å². The Morgan fingerprint density at radius 3 is 1.12 bits per heavy atom. The van der Waals surface area contributed by atoms with E-state index in [0.717, 1.165) is 0 Å². The zero-order chi connectivity index (χ0) is 31.6. The highest BCUT2D eigenvalue weighted by Crippen LogP contribution is 2.52. The molecule has 0 aliphatic rings. The van der Waals surface area contributed by atoms with Gasteiger partial charge in [0.1, 0.15) is 0 Å². The van der Waals surface area contributed by atoms with Crippen molar-refractivity contribution in [3.05, 3.63) is 152 Å². The lowest BCUT2D eigenvalue weighted by atomic mass is 10.1. The molecule has 0 heterocycles. The number of thioether (sulfide) groups is 1. The van der Waals surface area contributed by atoms with E-state index in [1.807, 2.05) is 0 Å². The van der Waals surface area contributed by atoms with Crippen LogP contribution < -0.4 is 0 Å². The fourth-order valence-corrected chi connectivity index (χ4v) is 5.46. The van der Waals surface area contributed by atoms with Crippen molar-refractivity contribution >= 4 is 46.6 Å². The smallest absolute Gasteiger partial charge is 0.195 e. The zero-order valence-electron chi connectivity index (χ0n) is 21.0. The van der Waals surface area contributed by atoms with Crippen LogP contribution in [0.4, 0.5) is 43.9 Å². The van der Waals surface area contributed by atoms with Gasteiger partial charge < -0.3 is 0 Å². The molecule has 13 heteroatoms. The number of halogens is 12. The van der Waals surface area contributed by atoms with E-state index in [2.05, 4.69) is 0 Å². The van der Waals surface area contributed by atoms with E-state index >= 15 is 17.6 Å². The Bertz CT molecular complexity index is 1590. The lowest BCUT2D eigenvalue weighted by Gasteiger charge is -2.23. The first-order valence-corrected chi connectivity index (χ1v) is 13.6. The Hall–Kier alpha value is -3.41. The fraction of sp³-hybridized carbons (Fsp3) is 0.0667. The zero-order valence-corrected chi connectivity index (χ0v) is 23.4. The summed E-state index contributed by atoms with van der Waals surface area (Å²) in [6.07, 6.45) is 0. The van der Waals surface area contributed by atoms with Gasteiger partial charge in [0.15, 0.2) is 58.2 Å². The first-order chi connectivity index (χ1) is 20.3. The number of hydrogen-bond donors (Lipinski definition) is 0. The van der Waals surface area contributed by atoms with E-state index in [9.17, 15) is 26.3 Å². The highest BCUT2D eigenvalue weighted by Gasteiger charge is 2.33. The van der Waals surface area contributed by atoms with Crippen molar-refractivity contribution in [1.29, 1.82) is 0 Å². The van der Waals surface area contributed by atoms with Gasteiger partial charge in [-0.25, -0.2) is 43.9 Å². The molecule has 2 unspecified atom stereocenters. The largest absolute Gasteiger partial charge is 0.207 e. The molecule has 43 heavy (non-hydrogen) atoms. The number of hydrogen-bond acceptors (Lipinski definition) is 1. The van der Waals surface area contributed by atoms with Crippen LogP contribution in [-0.2, 0) is 0 Å². The topological polar surface area (TPSA) is 0 Å². The lowest BCUT2D eigenvalue weighted by Crippen LogP contribution is -2.06. The van der Waals surface area contributed by atoms with E-state index in [-0.39, 0.29) is 32.9 Å². The molecular formula is C30H14Cl2F10S. The lowest BCUT2D eigenvalue weighted by molar-refractivity contribution is 0.443. The van der Waals surface area contributed by atoms with Crippen LogP contribution in [0.5, 0.6) is 0 Å². The summed E-state index contributed by atoms with van der Waals surface area (Å²) >= 11 is 12.0. The predicted molar refractivity (Wildman–Crippen MR) is 147 cm³/mol. The van der Waals surface area contributed by atoms with Crippen molar-refractivity contribution < 1.29 is 43.9 Å². The Balaban J connectivity index is 1.92. The predicted octanol–water partition coefficient (Wildman–Crippen LogP) is 12.0. The van der Waals surface area contributed by atoms with Crippen LogP contribution >= 0.6 is 35.0 Å². The van der Waals surface area contributed by atoms with E-state index in [1.165, 1.54) is 48.5 Å². The molecule has 4 rings (SSSR count). The minimum Gasteiger partial charge on any atom is -0.207 e. The molecule has 0 aromatic heterocycles. The third-order valence-electron chi connectivity index (χ3n) is 6.04. The summed E-state index contributed by atoms with van der Waals surface area (Å²) in [5, 5.41) is -3.61. The molecule has 0 aliphatic heterocycles. The summed E-state index contributed by atoms with van der Waals surface area (Å²) in [5.41, 5.74) is -2.86. The van der Waals surface area contributed by atoms with Crippen LogP contribution in [0.1, 0.15) is 32.8 Å². The van der Waals surface area contributed by atoms with Crippen LogP contribution in [0.25, 0.3) is 11.7 Å². The molecule has 0 fully saturated rings. The number of rotatable bonds is 8. The van der Waals surface area contributed by atoms with Gasteiger partial charge in [0.2, 0.25) is 0 Å². The van der Waals surface area contributed by atoms with Crippen molar-refractivity contribution in [3.8, 4) is 0 Å². The Morgan fingerprint density at radius 2 is 0.791 bits per heavy atom. The molecule has 0 saturated heterocycles. The molecule has 4 aromatic rings. The third kappa shape index (κ3) is 6.89. The minimum absolute atomic E-state index is 0.128. The molecule has 0 aliphatic carbocycles. The summed E-state index contributed by atoms with van der Waals surface area (Å²) in [6.45, 7) is 0. The molecule has 0 nitrogen and oxygen atoms in total. The molecule has 0 spiro atoms. The summed E-state index contributed by atoms with van der Waals surface area (Å²) in [6, 6.07) is 11.3. The van der Waals surface area contributed by atoms with Gasteiger partial charge in [0, 0.05) is 10.0 Å². The molecule has 2 atom stereocenters. The second-order valence-corrected chi connectivity index (χ2v) is 10.9. The van der Waals surface area contributed by atoms with E-state index < -0.39 is 79.8 Å². The maximum atomic E-state index is 15.9. The maximum Gasteiger partial charge on any atom is 0.195 e. The van der Waals surface area contributed by atoms with Crippen LogP contribution in [0.2, 0.25) is 10.0 Å². The highest BCUT2D eigenvalue weighted by molar-refractivity contribution is 8.00. The van der Waals surface area contributed by atoms with E-state index in [4.69, 9.17) is 23.2 Å². The normalized spacial score (nSPS) is 14.2. The Morgan fingerprint density at radius 1 is 0.465 bits per heavy atom. The van der Waals surface area contributed by atoms with Crippen LogP contribution in [0.3, 0.4) is 0 Å². The molecule has 0 bridgehead atoms. The molecule has 4 aromatic carbocycles. The van der Waals surface area contributed by atoms with Crippen LogP contribution in [0.15, 0.2) is 84.5 Å². The Kier molecular flexibility index (Phi) is 10.2. The van der Waals surface area contributed by atoms with E-state index in [1.54, 1.807) is 0 Å². The Labute approximate surface area is 252 Å². The first-order valence-electron chi connectivity index (χ1n) is 11.9. The van der Waals surface area contributed by atoms with Crippen LogP contribution in [0, 0.1) is 34.9 Å². The molecule has 0 N–H and O–H groups in total. The molecule has 224 valence electrons. The monoisotopic (exact) mass is 666 g/mol. The summed E-state index contributed by atoms with van der Waals surface area (Å²) in [5.74, 6) is -19.2. The fourth-order valence-electron chi connectivity index (χ4n) is 3.86. The van der Waals surface area contributed by atoms with Crippen molar-refractivity contribution in [2.45, 2.75) is 10.5 Å². The van der Waals surface area contributed by atoms with Crippen molar-refractivity contribution in [2.24, 2.45) is 0 Å². The standard InChI is InChI=1S/C30H14Cl2F10S/c31-15-5-1-13(2-6-15)29(27(41)23(37)17-9-11-19(33)25(39)21(17)35)43-30(14-3-7-16(32)8-4-14)28(42)24(38)18-10-12-20(34)26(40)22(18)36/h1-12,29-30H/b27-23-,28-24?. The first kappa shape index (κ1) is 32.5. The SMILES string of the molecule is FC(=C(F)C(SC(/C(F)=C(/F)c1ccc(F)c(F)c1F)c1ccc(Cl)cc1)c1ccc(Cl)cc1)c1ccc(F)c(F)c1F. The van der Waals surface area contributed by atoms with Gasteiger partial charge in [-0.3, -0.25) is 0 Å². The maximum absolute atomic E-state index is 15.9. The van der Waals surface area contributed by atoms with Gasteiger partial charge >= 0.3 is 0 Å². The van der Waals surface area contributed by atoms with Gasteiger partial charge in [-0.15, -0.1) is 11.8 Å². The van der Waals surface area contributed by atoms with Crippen molar-refractivity contribution in [2.75, 3.05) is 0 Å². The van der Waals surface area contributed by atoms with Gasteiger partial charge in [-0.2, -0.15) is 0 Å². The molecule has 0 radical (unpaired) electrons. The average Bonchev–Trinajstić information content (AvgIpc) is 2.99. The van der Waals surface area contributed by atoms with Gasteiger partial charge in [-0.05, 0) is 59.7 Å². The number of benzene rings is 4. The quantitative estimate of drug-likeness (QED) is 0.133. The van der Waals surface area contributed by atoms with Gasteiger partial charge in [0.05, 0.1) is 21.6 Å². The van der Waals surface area contributed by atoms with E-state index in [0.29, 0.717) is 24.3 Å². The summed E-state index contributed by atoms with van der Waals surface area (Å²) in [7, 11) is 0. The van der Waals surface area contributed by atoms with Gasteiger partial charge in [0.25, 0.3) is 0 Å². The minimum atomic E-state index is -2.08.